The Hall–Kier alpha value is -1.98. The predicted molar refractivity (Wildman–Crippen MR) is 95.7 cm³/mol. The molecule has 1 heterocycles. The molecule has 1 aliphatic rings. The quantitative estimate of drug-likeness (QED) is 0.570. The molecule has 1 aliphatic heterocycles. The lowest BCUT2D eigenvalue weighted by molar-refractivity contribution is 0.457. The van der Waals surface area contributed by atoms with Crippen LogP contribution in [0.5, 0.6) is 5.75 Å². The van der Waals surface area contributed by atoms with Crippen molar-refractivity contribution < 1.29 is 21.9 Å². The van der Waals surface area contributed by atoms with E-state index < -0.39 is 25.8 Å². The lowest BCUT2D eigenvalue weighted by atomic mass is 9.88. The normalized spacial score (nSPS) is 18.2. The van der Waals surface area contributed by atoms with Gasteiger partial charge in [0.05, 0.1) is 4.90 Å². The molecule has 3 rings (SSSR count). The summed E-state index contributed by atoms with van der Waals surface area (Å²) in [6.45, 7) is 1.18. The molecule has 0 saturated carbocycles. The Morgan fingerprint density at radius 2 is 1.65 bits per heavy atom. The predicted octanol–water partition coefficient (Wildman–Crippen LogP) is -0.0354. The smallest absolute Gasteiger partial charge is 0.241 e. The maximum Gasteiger partial charge on any atom is 0.241 e. The SMILES string of the molecule is NS(=O)(=O)c1ccc(C2CNCCc3cc(S(N)(=O)=O)c(O)cc32)cc1. The van der Waals surface area contributed by atoms with Crippen LogP contribution in [0.4, 0.5) is 0 Å². The van der Waals surface area contributed by atoms with E-state index in [1.165, 1.54) is 24.3 Å². The van der Waals surface area contributed by atoms with Gasteiger partial charge in [0.1, 0.15) is 10.6 Å². The van der Waals surface area contributed by atoms with Crippen LogP contribution < -0.4 is 15.6 Å². The highest BCUT2D eigenvalue weighted by Crippen LogP contribution is 2.35. The van der Waals surface area contributed by atoms with Crippen molar-refractivity contribution in [3.05, 3.63) is 53.1 Å². The number of fused-ring (bicyclic) bond motifs is 1. The van der Waals surface area contributed by atoms with Crippen LogP contribution in [0, 0.1) is 0 Å². The number of benzene rings is 2. The molecule has 1 atom stereocenters. The van der Waals surface area contributed by atoms with Gasteiger partial charge in [-0.1, -0.05) is 12.1 Å². The minimum atomic E-state index is -4.03. The topological polar surface area (TPSA) is 153 Å². The van der Waals surface area contributed by atoms with Crippen molar-refractivity contribution in [3.63, 3.8) is 0 Å². The molecule has 6 N–H and O–H groups in total. The van der Waals surface area contributed by atoms with Gasteiger partial charge >= 0.3 is 0 Å². The Bertz CT molecular complexity index is 1050. The molecule has 0 bridgehead atoms. The second-order valence-corrected chi connectivity index (χ2v) is 9.28. The molecule has 10 heteroatoms. The van der Waals surface area contributed by atoms with Crippen molar-refractivity contribution in [3.8, 4) is 5.75 Å². The summed E-state index contributed by atoms with van der Waals surface area (Å²) in [5.74, 6) is -0.596. The summed E-state index contributed by atoms with van der Waals surface area (Å²) in [6, 6.07) is 8.98. The zero-order chi connectivity index (χ0) is 19.1. The van der Waals surface area contributed by atoms with E-state index in [1.54, 1.807) is 12.1 Å². The van der Waals surface area contributed by atoms with Crippen LogP contribution >= 0.6 is 0 Å². The van der Waals surface area contributed by atoms with Crippen molar-refractivity contribution in [1.82, 2.24) is 5.32 Å². The molecule has 0 aliphatic carbocycles. The summed E-state index contributed by atoms with van der Waals surface area (Å²) in [6.07, 6.45) is 0.573. The van der Waals surface area contributed by atoms with Crippen LogP contribution in [-0.4, -0.2) is 35.0 Å². The van der Waals surface area contributed by atoms with Crippen LogP contribution in [0.15, 0.2) is 46.2 Å². The number of hydrogen-bond donors (Lipinski definition) is 4. The van der Waals surface area contributed by atoms with Gasteiger partial charge in [-0.15, -0.1) is 0 Å². The fourth-order valence-electron chi connectivity index (χ4n) is 3.16. The number of primary sulfonamides is 2. The van der Waals surface area contributed by atoms with Crippen LogP contribution in [0.25, 0.3) is 0 Å². The Balaban J connectivity index is 2.10. The molecule has 8 nitrogen and oxygen atoms in total. The summed E-state index contributed by atoms with van der Waals surface area (Å²) in [5.41, 5.74) is 2.34. The first kappa shape index (κ1) is 18.8. The van der Waals surface area contributed by atoms with E-state index in [4.69, 9.17) is 10.3 Å². The van der Waals surface area contributed by atoms with Gasteiger partial charge in [-0.05, 0) is 53.9 Å². The monoisotopic (exact) mass is 397 g/mol. The van der Waals surface area contributed by atoms with Gasteiger partial charge in [0.25, 0.3) is 0 Å². The third-order valence-electron chi connectivity index (χ3n) is 4.43. The molecule has 0 aromatic heterocycles. The largest absolute Gasteiger partial charge is 0.507 e. The molecular weight excluding hydrogens is 378 g/mol. The Labute approximate surface area is 151 Å². The molecular formula is C16H19N3O5S2. The lowest BCUT2D eigenvalue weighted by Crippen LogP contribution is -2.21. The fourth-order valence-corrected chi connectivity index (χ4v) is 4.33. The van der Waals surface area contributed by atoms with E-state index in [-0.39, 0.29) is 15.7 Å². The van der Waals surface area contributed by atoms with Gasteiger partial charge < -0.3 is 10.4 Å². The van der Waals surface area contributed by atoms with E-state index >= 15 is 0 Å². The number of sulfonamides is 2. The molecule has 0 spiro atoms. The highest BCUT2D eigenvalue weighted by molar-refractivity contribution is 7.89. The first-order valence-electron chi connectivity index (χ1n) is 7.79. The van der Waals surface area contributed by atoms with Gasteiger partial charge in [0.15, 0.2) is 0 Å². The number of nitrogens with one attached hydrogen (secondary N) is 1. The minimum absolute atomic E-state index is 0.00970. The molecule has 140 valence electrons. The van der Waals surface area contributed by atoms with Crippen LogP contribution in [-0.2, 0) is 26.5 Å². The molecule has 1 unspecified atom stereocenters. The average Bonchev–Trinajstić information content (AvgIpc) is 2.74. The summed E-state index contributed by atoms with van der Waals surface area (Å²) in [4.78, 5) is -0.294. The zero-order valence-electron chi connectivity index (χ0n) is 13.7. The van der Waals surface area contributed by atoms with Crippen LogP contribution in [0.1, 0.15) is 22.6 Å². The maximum atomic E-state index is 11.6. The standard InChI is InChI=1S/C16H19N3O5S2/c17-25(21,22)12-3-1-10(2-4-12)14-9-19-6-5-11-7-16(26(18,23)24)15(20)8-13(11)14/h1-4,7-8,14,19-20H,5-6,9H2,(H2,17,21,22)(H2,18,23,24). The molecule has 0 amide bonds. The number of phenolic OH excluding ortho intramolecular Hbond substituents is 1. The Kier molecular flexibility index (Phi) is 4.80. The van der Waals surface area contributed by atoms with Gasteiger partial charge in [-0.3, -0.25) is 0 Å². The molecule has 0 fully saturated rings. The van der Waals surface area contributed by atoms with Crippen molar-refractivity contribution >= 4 is 20.0 Å². The van der Waals surface area contributed by atoms with Gasteiger partial charge in [-0.2, -0.15) is 0 Å². The van der Waals surface area contributed by atoms with E-state index in [0.29, 0.717) is 19.5 Å². The number of hydrogen-bond acceptors (Lipinski definition) is 6. The Morgan fingerprint density at radius 3 is 2.23 bits per heavy atom. The maximum absolute atomic E-state index is 11.6. The second kappa shape index (κ2) is 6.63. The molecule has 0 saturated heterocycles. The van der Waals surface area contributed by atoms with Gasteiger partial charge in [0.2, 0.25) is 20.0 Å². The van der Waals surface area contributed by atoms with Crippen LogP contribution in [0.3, 0.4) is 0 Å². The number of aromatic hydroxyl groups is 1. The molecule has 2 aromatic carbocycles. The Morgan fingerprint density at radius 1 is 1.00 bits per heavy atom. The summed E-state index contributed by atoms with van der Waals surface area (Å²) in [5, 5.41) is 23.7. The fraction of sp³-hybridized carbons (Fsp3) is 0.250. The molecule has 2 aromatic rings. The highest BCUT2D eigenvalue weighted by atomic mass is 32.2. The van der Waals surface area contributed by atoms with Crippen LogP contribution in [0.2, 0.25) is 0 Å². The average molecular weight is 397 g/mol. The van der Waals surface area contributed by atoms with E-state index in [0.717, 1.165) is 16.7 Å². The van der Waals surface area contributed by atoms with Gasteiger partial charge in [-0.25, -0.2) is 27.1 Å². The van der Waals surface area contributed by atoms with E-state index in [2.05, 4.69) is 5.32 Å². The zero-order valence-corrected chi connectivity index (χ0v) is 15.3. The number of rotatable bonds is 3. The first-order valence-corrected chi connectivity index (χ1v) is 10.9. The van der Waals surface area contributed by atoms with Crippen molar-refractivity contribution in [2.45, 2.75) is 22.1 Å². The minimum Gasteiger partial charge on any atom is -0.507 e. The lowest BCUT2D eigenvalue weighted by Gasteiger charge is -2.19. The van der Waals surface area contributed by atoms with Crippen molar-refractivity contribution in [1.29, 1.82) is 0 Å². The van der Waals surface area contributed by atoms with Crippen molar-refractivity contribution in [2.75, 3.05) is 13.1 Å². The third kappa shape index (κ3) is 3.74. The summed E-state index contributed by atoms with van der Waals surface area (Å²) < 4.78 is 46.1. The molecule has 26 heavy (non-hydrogen) atoms. The number of phenols is 1. The third-order valence-corrected chi connectivity index (χ3v) is 6.30. The van der Waals surface area contributed by atoms with Gasteiger partial charge in [0, 0.05) is 12.5 Å². The van der Waals surface area contributed by atoms with Crippen molar-refractivity contribution in [2.24, 2.45) is 10.3 Å². The van der Waals surface area contributed by atoms with E-state index in [9.17, 15) is 21.9 Å². The number of nitrogens with two attached hydrogens (primary N) is 2. The van der Waals surface area contributed by atoms with E-state index in [1.807, 2.05) is 0 Å². The first-order chi connectivity index (χ1) is 12.1. The summed E-state index contributed by atoms with van der Waals surface area (Å²) in [7, 11) is -7.82. The highest BCUT2D eigenvalue weighted by Gasteiger charge is 2.25. The molecule has 0 radical (unpaired) electrons. The second-order valence-electron chi connectivity index (χ2n) is 6.18. The summed E-state index contributed by atoms with van der Waals surface area (Å²) >= 11 is 0.